The smallest absolute Gasteiger partial charge is 0.197 e. The Morgan fingerprint density at radius 2 is 2.00 bits per heavy atom. The van der Waals surface area contributed by atoms with Crippen LogP contribution < -0.4 is 0 Å². The van der Waals surface area contributed by atoms with Gasteiger partial charge in [0.05, 0.1) is 6.07 Å². The summed E-state index contributed by atoms with van der Waals surface area (Å²) in [6.07, 6.45) is 0.453. The lowest BCUT2D eigenvalue weighted by Crippen LogP contribution is -2.27. The lowest BCUT2D eigenvalue weighted by atomic mass is 10.1. The molecule has 1 rings (SSSR count). The molecule has 0 aliphatic heterocycles. The number of benzene rings is 1. The highest BCUT2D eigenvalue weighted by molar-refractivity contribution is 7.92. The lowest BCUT2D eigenvalue weighted by Gasteiger charge is -2.16. The Kier molecular flexibility index (Phi) is 4.41. The summed E-state index contributed by atoms with van der Waals surface area (Å²) in [6.45, 7) is 3.31. The Labute approximate surface area is 105 Å². The van der Waals surface area contributed by atoms with E-state index in [2.05, 4.69) is 0 Å². The molecule has 0 saturated heterocycles. The van der Waals surface area contributed by atoms with Crippen molar-refractivity contribution in [3.05, 3.63) is 29.8 Å². The molecule has 0 aliphatic rings. The summed E-state index contributed by atoms with van der Waals surface area (Å²) in [5, 5.41) is 7.56. The van der Waals surface area contributed by atoms with E-state index in [1.54, 1.807) is 19.9 Å². The Hall–Kier alpha value is -1.48. The quantitative estimate of drug-likeness (QED) is 0.847. The Morgan fingerprint density at radius 3 is 2.50 bits per heavy atom. The molecule has 18 heavy (non-hydrogen) atoms. The van der Waals surface area contributed by atoms with Crippen molar-refractivity contribution >= 4 is 9.84 Å². The van der Waals surface area contributed by atoms with Crippen LogP contribution in [0.25, 0.3) is 0 Å². The summed E-state index contributed by atoms with van der Waals surface area (Å²) in [7, 11) is -4.19. The highest BCUT2D eigenvalue weighted by Crippen LogP contribution is 2.25. The van der Waals surface area contributed by atoms with Gasteiger partial charge in [0.15, 0.2) is 15.1 Å². The van der Waals surface area contributed by atoms with Gasteiger partial charge in [-0.05, 0) is 24.1 Å². The van der Waals surface area contributed by atoms with Gasteiger partial charge in [-0.1, -0.05) is 20.3 Å². The number of nitrogens with zero attached hydrogens (tertiary/aromatic N) is 1. The normalized spacial score (nSPS) is 14.8. The molecule has 3 nitrogen and oxygen atoms in total. The molecule has 0 saturated carbocycles. The molecule has 2 atom stereocenters. The maximum absolute atomic E-state index is 13.5. The van der Waals surface area contributed by atoms with E-state index >= 15 is 0 Å². The van der Waals surface area contributed by atoms with Crippen LogP contribution in [-0.2, 0) is 9.84 Å². The van der Waals surface area contributed by atoms with Crippen molar-refractivity contribution in [3.63, 3.8) is 0 Å². The van der Waals surface area contributed by atoms with E-state index in [1.807, 2.05) is 0 Å². The van der Waals surface area contributed by atoms with E-state index in [1.165, 1.54) is 0 Å². The topological polar surface area (TPSA) is 57.9 Å². The van der Waals surface area contributed by atoms with Crippen LogP contribution in [0.5, 0.6) is 0 Å². The minimum Gasteiger partial charge on any atom is -0.222 e. The van der Waals surface area contributed by atoms with Crippen LogP contribution in [0.4, 0.5) is 8.78 Å². The first-order valence-electron chi connectivity index (χ1n) is 5.43. The minimum atomic E-state index is -4.19. The molecule has 0 radical (unpaired) electrons. The molecule has 0 aromatic heterocycles. The van der Waals surface area contributed by atoms with Gasteiger partial charge in [-0.15, -0.1) is 0 Å². The average molecular weight is 273 g/mol. The predicted octanol–water partition coefficient (Wildman–Crippen LogP) is 2.68. The van der Waals surface area contributed by atoms with Gasteiger partial charge in [0, 0.05) is 0 Å². The third-order valence-corrected chi connectivity index (χ3v) is 4.99. The summed E-state index contributed by atoms with van der Waals surface area (Å²) in [4.78, 5) is -0.755. The van der Waals surface area contributed by atoms with Crippen molar-refractivity contribution in [1.29, 1.82) is 5.26 Å². The van der Waals surface area contributed by atoms with Gasteiger partial charge in [0.25, 0.3) is 0 Å². The van der Waals surface area contributed by atoms with Gasteiger partial charge in [-0.3, -0.25) is 0 Å². The van der Waals surface area contributed by atoms with Crippen molar-refractivity contribution in [1.82, 2.24) is 0 Å². The predicted molar refractivity (Wildman–Crippen MR) is 62.4 cm³/mol. The zero-order valence-corrected chi connectivity index (χ0v) is 10.8. The zero-order chi connectivity index (χ0) is 13.9. The Bertz CT molecular complexity index is 578. The fourth-order valence-corrected chi connectivity index (χ4v) is 3.38. The highest BCUT2D eigenvalue weighted by atomic mass is 32.2. The number of rotatable bonds is 4. The van der Waals surface area contributed by atoms with Crippen molar-refractivity contribution in [2.45, 2.75) is 30.4 Å². The summed E-state index contributed by atoms with van der Waals surface area (Å²) in [6, 6.07) is 3.85. The minimum absolute atomic E-state index is 0.453. The van der Waals surface area contributed by atoms with Crippen molar-refractivity contribution in [2.24, 2.45) is 5.92 Å². The second-order valence-corrected chi connectivity index (χ2v) is 6.09. The number of halogens is 2. The third-order valence-electron chi connectivity index (χ3n) is 2.82. The van der Waals surface area contributed by atoms with E-state index in [-0.39, 0.29) is 0 Å². The molecule has 0 N–H and O–H groups in total. The molecular formula is C12H13F2NO2S. The maximum atomic E-state index is 13.5. The van der Waals surface area contributed by atoms with Gasteiger partial charge in [-0.2, -0.15) is 5.26 Å². The second kappa shape index (κ2) is 5.44. The first-order valence-corrected chi connectivity index (χ1v) is 6.97. The first-order chi connectivity index (χ1) is 8.34. The maximum Gasteiger partial charge on any atom is 0.197 e. The molecule has 0 spiro atoms. The molecule has 0 bridgehead atoms. The van der Waals surface area contributed by atoms with E-state index < -0.39 is 37.5 Å². The van der Waals surface area contributed by atoms with Crippen LogP contribution in [0.2, 0.25) is 0 Å². The average Bonchev–Trinajstić information content (AvgIpc) is 2.32. The van der Waals surface area contributed by atoms with Crippen LogP contribution in [-0.4, -0.2) is 13.7 Å². The Morgan fingerprint density at radius 1 is 1.39 bits per heavy atom. The number of nitriles is 1. The number of hydrogen-bond acceptors (Lipinski definition) is 3. The van der Waals surface area contributed by atoms with Gasteiger partial charge in [0.1, 0.15) is 16.5 Å². The number of sulfone groups is 1. The van der Waals surface area contributed by atoms with Gasteiger partial charge in [-0.25, -0.2) is 17.2 Å². The SMILES string of the molecule is CCC(C)C(C#N)S(=O)(=O)c1cc(F)ccc1F. The second-order valence-electron chi connectivity index (χ2n) is 4.05. The van der Waals surface area contributed by atoms with Crippen LogP contribution in [0.1, 0.15) is 20.3 Å². The zero-order valence-electron chi connectivity index (χ0n) is 10.0. The number of hydrogen-bond donors (Lipinski definition) is 0. The molecule has 1 aromatic rings. The molecular weight excluding hydrogens is 260 g/mol. The van der Waals surface area contributed by atoms with E-state index in [0.29, 0.717) is 12.5 Å². The van der Waals surface area contributed by atoms with Crippen LogP contribution in [0.3, 0.4) is 0 Å². The summed E-state index contributed by atoms with van der Waals surface area (Å²) in [5.74, 6) is -2.35. The largest absolute Gasteiger partial charge is 0.222 e. The molecule has 0 amide bonds. The van der Waals surface area contributed by atoms with E-state index in [9.17, 15) is 17.2 Å². The van der Waals surface area contributed by atoms with Crippen LogP contribution in [0.15, 0.2) is 23.1 Å². The van der Waals surface area contributed by atoms with Gasteiger partial charge in [0.2, 0.25) is 0 Å². The first kappa shape index (κ1) is 14.6. The molecule has 0 heterocycles. The summed E-state index contributed by atoms with van der Waals surface area (Å²) in [5.41, 5.74) is 0. The molecule has 2 unspecified atom stereocenters. The van der Waals surface area contributed by atoms with Crippen molar-refractivity contribution in [2.75, 3.05) is 0 Å². The van der Waals surface area contributed by atoms with Crippen molar-refractivity contribution in [3.8, 4) is 6.07 Å². The van der Waals surface area contributed by atoms with E-state index in [4.69, 9.17) is 5.26 Å². The molecule has 0 fully saturated rings. The van der Waals surface area contributed by atoms with Crippen molar-refractivity contribution < 1.29 is 17.2 Å². The van der Waals surface area contributed by atoms with Gasteiger partial charge < -0.3 is 0 Å². The van der Waals surface area contributed by atoms with Gasteiger partial charge >= 0.3 is 0 Å². The molecule has 1 aromatic carbocycles. The highest BCUT2D eigenvalue weighted by Gasteiger charge is 2.33. The molecule has 6 heteroatoms. The monoisotopic (exact) mass is 273 g/mol. The van der Waals surface area contributed by atoms with Crippen LogP contribution >= 0.6 is 0 Å². The fraction of sp³-hybridized carbons (Fsp3) is 0.417. The summed E-state index contributed by atoms with van der Waals surface area (Å²) < 4.78 is 50.7. The Balaban J connectivity index is 3.37. The summed E-state index contributed by atoms with van der Waals surface area (Å²) >= 11 is 0. The molecule has 0 aliphatic carbocycles. The lowest BCUT2D eigenvalue weighted by molar-refractivity contribution is 0.519. The fourth-order valence-electron chi connectivity index (χ4n) is 1.55. The standard InChI is InChI=1S/C12H13F2NO2S/c1-3-8(2)12(7-15)18(16,17)11-6-9(13)4-5-10(11)14/h4-6,8,12H,3H2,1-2H3. The third kappa shape index (κ3) is 2.67. The molecule has 98 valence electrons. The van der Waals surface area contributed by atoms with E-state index in [0.717, 1.165) is 12.1 Å². The van der Waals surface area contributed by atoms with Crippen LogP contribution in [0, 0.1) is 28.9 Å².